The van der Waals surface area contributed by atoms with Crippen molar-refractivity contribution in [3.63, 3.8) is 0 Å². The van der Waals surface area contributed by atoms with Crippen molar-refractivity contribution in [2.24, 2.45) is 0 Å². The number of piperidine rings is 1. The van der Waals surface area contributed by atoms with Crippen LogP contribution in [0.15, 0.2) is 0 Å². The van der Waals surface area contributed by atoms with Crippen LogP contribution in [-0.4, -0.2) is 36.7 Å². The summed E-state index contributed by atoms with van der Waals surface area (Å²) in [6.07, 6.45) is 5.45. The molecule has 2 heteroatoms. The first-order valence-electron chi connectivity index (χ1n) is 5.21. The number of hydrogen-bond donors (Lipinski definition) is 0. The molecule has 12 heavy (non-hydrogen) atoms. The van der Waals surface area contributed by atoms with Crippen LogP contribution in [0.2, 0.25) is 0 Å². The molecule has 0 N–H and O–H groups in total. The molecule has 0 bridgehead atoms. The third kappa shape index (κ3) is 1.64. The molecule has 0 spiro atoms. The average molecular weight is 169 g/mol. The first-order valence-corrected chi connectivity index (χ1v) is 5.21. The average Bonchev–Trinajstić information content (AvgIpc) is 2.57. The maximum Gasteiger partial charge on any atom is 0.0622 e. The second kappa shape index (κ2) is 3.75. The molecule has 0 unspecified atom stereocenters. The van der Waals surface area contributed by atoms with E-state index in [1.165, 1.54) is 32.2 Å². The van der Waals surface area contributed by atoms with Crippen molar-refractivity contribution in [2.45, 2.75) is 44.7 Å². The van der Waals surface area contributed by atoms with E-state index in [9.17, 15) is 0 Å². The summed E-state index contributed by atoms with van der Waals surface area (Å²) in [6.45, 7) is 5.62. The smallest absolute Gasteiger partial charge is 0.0622 e. The second-order valence-corrected chi connectivity index (χ2v) is 4.10. The summed E-state index contributed by atoms with van der Waals surface area (Å²) < 4.78 is 5.42. The minimum atomic E-state index is 0.736. The Balaban J connectivity index is 1.91. The molecule has 2 atom stereocenters. The van der Waals surface area contributed by atoms with Gasteiger partial charge in [0.2, 0.25) is 0 Å². The number of ether oxygens (including phenoxy) is 1. The van der Waals surface area contributed by atoms with Gasteiger partial charge in [0, 0.05) is 18.7 Å². The van der Waals surface area contributed by atoms with E-state index in [0.29, 0.717) is 0 Å². The third-order valence-corrected chi connectivity index (χ3v) is 3.23. The Labute approximate surface area is 74.9 Å². The first kappa shape index (κ1) is 8.52. The van der Waals surface area contributed by atoms with Gasteiger partial charge in [-0.1, -0.05) is 6.42 Å². The normalized spacial score (nSPS) is 38.8. The maximum absolute atomic E-state index is 5.42. The lowest BCUT2D eigenvalue weighted by molar-refractivity contribution is 0.0889. The summed E-state index contributed by atoms with van der Waals surface area (Å²) in [5.41, 5.74) is 0. The predicted molar refractivity (Wildman–Crippen MR) is 49.2 cm³/mol. The Morgan fingerprint density at radius 1 is 1.25 bits per heavy atom. The number of rotatable bonds is 1. The summed E-state index contributed by atoms with van der Waals surface area (Å²) in [5.74, 6) is 0. The van der Waals surface area contributed by atoms with Gasteiger partial charge in [0.25, 0.3) is 0 Å². The summed E-state index contributed by atoms with van der Waals surface area (Å²) >= 11 is 0. The number of nitrogens with zero attached hydrogens (tertiary/aromatic N) is 1. The fraction of sp³-hybridized carbons (Fsp3) is 1.00. The van der Waals surface area contributed by atoms with Gasteiger partial charge in [0.05, 0.1) is 6.61 Å². The van der Waals surface area contributed by atoms with E-state index in [-0.39, 0.29) is 0 Å². The van der Waals surface area contributed by atoms with Gasteiger partial charge in [-0.05, 0) is 32.7 Å². The molecular weight excluding hydrogens is 150 g/mol. The van der Waals surface area contributed by atoms with Crippen LogP contribution in [0.4, 0.5) is 0 Å². The zero-order chi connectivity index (χ0) is 8.39. The van der Waals surface area contributed by atoms with Crippen molar-refractivity contribution < 1.29 is 4.74 Å². The molecule has 0 aliphatic carbocycles. The zero-order valence-electron chi connectivity index (χ0n) is 7.96. The predicted octanol–water partition coefficient (Wildman–Crippen LogP) is 1.65. The van der Waals surface area contributed by atoms with E-state index in [1.807, 2.05) is 0 Å². The van der Waals surface area contributed by atoms with E-state index >= 15 is 0 Å². The summed E-state index contributed by atoms with van der Waals surface area (Å²) in [6, 6.07) is 1.53. The van der Waals surface area contributed by atoms with Crippen molar-refractivity contribution in [1.82, 2.24) is 4.90 Å². The van der Waals surface area contributed by atoms with Crippen LogP contribution in [0, 0.1) is 0 Å². The molecule has 2 heterocycles. The van der Waals surface area contributed by atoms with Crippen molar-refractivity contribution in [2.75, 3.05) is 19.8 Å². The summed E-state index contributed by atoms with van der Waals surface area (Å²) in [4.78, 5) is 2.65. The fourth-order valence-corrected chi connectivity index (χ4v) is 2.45. The van der Waals surface area contributed by atoms with Crippen LogP contribution in [0.25, 0.3) is 0 Å². The van der Waals surface area contributed by atoms with Crippen LogP contribution in [-0.2, 0) is 4.74 Å². The molecule has 0 aromatic heterocycles. The van der Waals surface area contributed by atoms with E-state index in [4.69, 9.17) is 4.74 Å². The molecule has 0 amide bonds. The van der Waals surface area contributed by atoms with Gasteiger partial charge in [-0.15, -0.1) is 0 Å². The fourth-order valence-electron chi connectivity index (χ4n) is 2.45. The molecule has 2 fully saturated rings. The van der Waals surface area contributed by atoms with Crippen LogP contribution < -0.4 is 0 Å². The van der Waals surface area contributed by atoms with Gasteiger partial charge >= 0.3 is 0 Å². The van der Waals surface area contributed by atoms with Gasteiger partial charge in [0.1, 0.15) is 0 Å². The lowest BCUT2D eigenvalue weighted by atomic mass is 10.0. The minimum absolute atomic E-state index is 0.736. The lowest BCUT2D eigenvalue weighted by Gasteiger charge is -2.37. The van der Waals surface area contributed by atoms with Gasteiger partial charge in [0.15, 0.2) is 0 Å². The van der Waals surface area contributed by atoms with E-state index in [0.717, 1.165) is 25.3 Å². The van der Waals surface area contributed by atoms with Crippen molar-refractivity contribution in [1.29, 1.82) is 0 Å². The highest BCUT2D eigenvalue weighted by Gasteiger charge is 2.28. The Kier molecular flexibility index (Phi) is 2.66. The van der Waals surface area contributed by atoms with Crippen molar-refractivity contribution in [3.8, 4) is 0 Å². The molecule has 2 aliphatic heterocycles. The zero-order valence-corrected chi connectivity index (χ0v) is 7.96. The van der Waals surface area contributed by atoms with Gasteiger partial charge in [-0.3, -0.25) is 4.90 Å². The van der Waals surface area contributed by atoms with Crippen LogP contribution in [0.1, 0.15) is 32.6 Å². The lowest BCUT2D eigenvalue weighted by Crippen LogP contribution is -2.45. The Hall–Kier alpha value is -0.0800. The quantitative estimate of drug-likeness (QED) is 0.592. The summed E-state index contributed by atoms with van der Waals surface area (Å²) in [5, 5.41) is 0. The maximum atomic E-state index is 5.42. The Bertz CT molecular complexity index is 143. The highest BCUT2D eigenvalue weighted by atomic mass is 16.5. The van der Waals surface area contributed by atoms with Gasteiger partial charge in [-0.25, -0.2) is 0 Å². The minimum Gasteiger partial charge on any atom is -0.380 e. The largest absolute Gasteiger partial charge is 0.380 e. The van der Waals surface area contributed by atoms with Gasteiger partial charge in [-0.2, -0.15) is 0 Å². The molecule has 0 radical (unpaired) electrons. The number of hydrogen-bond acceptors (Lipinski definition) is 2. The third-order valence-electron chi connectivity index (χ3n) is 3.23. The topological polar surface area (TPSA) is 12.5 Å². The van der Waals surface area contributed by atoms with E-state index in [2.05, 4.69) is 11.8 Å². The van der Waals surface area contributed by atoms with Crippen molar-refractivity contribution >= 4 is 0 Å². The SMILES string of the molecule is C[C@H]1CCCCN1[C@H]1CCOC1. The molecule has 0 aromatic carbocycles. The van der Waals surface area contributed by atoms with Crippen LogP contribution in [0.3, 0.4) is 0 Å². The molecule has 2 nitrogen and oxygen atoms in total. The van der Waals surface area contributed by atoms with E-state index in [1.54, 1.807) is 0 Å². The monoisotopic (exact) mass is 169 g/mol. The summed E-state index contributed by atoms with van der Waals surface area (Å²) in [7, 11) is 0. The highest BCUT2D eigenvalue weighted by Crippen LogP contribution is 2.22. The molecule has 0 aromatic rings. The molecular formula is C10H19NO. The molecule has 0 saturated carbocycles. The standard InChI is InChI=1S/C10H19NO/c1-9-4-2-3-6-11(9)10-5-7-12-8-10/h9-10H,2-8H2,1H3/t9-,10-/m0/s1. The highest BCUT2D eigenvalue weighted by molar-refractivity contribution is 4.82. The molecule has 2 rings (SSSR count). The van der Waals surface area contributed by atoms with E-state index < -0.39 is 0 Å². The Morgan fingerprint density at radius 3 is 2.83 bits per heavy atom. The molecule has 70 valence electrons. The van der Waals surface area contributed by atoms with Crippen LogP contribution in [0.5, 0.6) is 0 Å². The van der Waals surface area contributed by atoms with Gasteiger partial charge < -0.3 is 4.74 Å². The second-order valence-electron chi connectivity index (χ2n) is 4.10. The Morgan fingerprint density at radius 2 is 2.17 bits per heavy atom. The molecule has 2 saturated heterocycles. The number of likely N-dealkylation sites (tertiary alicyclic amines) is 1. The van der Waals surface area contributed by atoms with Crippen LogP contribution >= 0.6 is 0 Å². The van der Waals surface area contributed by atoms with Crippen molar-refractivity contribution in [3.05, 3.63) is 0 Å². The molecule has 2 aliphatic rings. The first-order chi connectivity index (χ1) is 5.88.